The minimum atomic E-state index is -0.344. The van der Waals surface area contributed by atoms with E-state index in [4.69, 9.17) is 4.74 Å². The maximum atomic E-state index is 11.9. The van der Waals surface area contributed by atoms with Gasteiger partial charge in [-0.15, -0.1) is 0 Å². The van der Waals surface area contributed by atoms with Crippen molar-refractivity contribution >= 4 is 17.6 Å². The number of nitrogens with one attached hydrogen (secondary N) is 1. The number of benzene rings is 1. The van der Waals surface area contributed by atoms with E-state index in [1.54, 1.807) is 12.1 Å². The Morgan fingerprint density at radius 2 is 2.09 bits per heavy atom. The number of nitrogens with zero attached hydrogens (tertiary/aromatic N) is 2. The quantitative estimate of drug-likeness (QED) is 0.936. The van der Waals surface area contributed by atoms with Crippen molar-refractivity contribution in [1.29, 1.82) is 0 Å². The number of hydrogen-bond acceptors (Lipinski definition) is 5. The number of carbonyl (C=O) groups is 2. The van der Waals surface area contributed by atoms with Gasteiger partial charge in [0.05, 0.1) is 11.3 Å². The zero-order valence-electron chi connectivity index (χ0n) is 12.8. The second-order valence-corrected chi connectivity index (χ2v) is 5.64. The SMILES string of the molecule is CC1CC(=O)c2cnc(NC(=O)COc3ccccc3)nc2C1. The Morgan fingerprint density at radius 1 is 1.30 bits per heavy atom. The van der Waals surface area contributed by atoms with Crippen LogP contribution in [0.15, 0.2) is 36.5 Å². The van der Waals surface area contributed by atoms with Gasteiger partial charge in [-0.25, -0.2) is 9.97 Å². The topological polar surface area (TPSA) is 81.2 Å². The van der Waals surface area contributed by atoms with Crippen molar-refractivity contribution in [2.75, 3.05) is 11.9 Å². The summed E-state index contributed by atoms with van der Waals surface area (Å²) in [6.07, 6.45) is 2.73. The van der Waals surface area contributed by atoms with E-state index in [2.05, 4.69) is 15.3 Å². The molecule has 1 aliphatic rings. The van der Waals surface area contributed by atoms with Crippen molar-refractivity contribution < 1.29 is 14.3 Å². The minimum absolute atomic E-state index is 0.0593. The van der Waals surface area contributed by atoms with Crippen molar-refractivity contribution in [3.8, 4) is 5.75 Å². The third kappa shape index (κ3) is 3.71. The predicted octanol–water partition coefficient (Wildman–Crippen LogP) is 2.26. The Morgan fingerprint density at radius 3 is 2.87 bits per heavy atom. The number of carbonyl (C=O) groups excluding carboxylic acids is 2. The van der Waals surface area contributed by atoms with Gasteiger partial charge in [0, 0.05) is 12.6 Å². The fourth-order valence-electron chi connectivity index (χ4n) is 2.52. The largest absolute Gasteiger partial charge is 0.484 e. The highest BCUT2D eigenvalue weighted by molar-refractivity contribution is 5.98. The zero-order chi connectivity index (χ0) is 16.2. The van der Waals surface area contributed by atoms with Gasteiger partial charge >= 0.3 is 0 Å². The average molecular weight is 311 g/mol. The van der Waals surface area contributed by atoms with Gasteiger partial charge in [0.25, 0.3) is 5.91 Å². The van der Waals surface area contributed by atoms with Crippen LogP contribution in [0.2, 0.25) is 0 Å². The van der Waals surface area contributed by atoms with Crippen molar-refractivity contribution in [2.24, 2.45) is 5.92 Å². The van der Waals surface area contributed by atoms with Gasteiger partial charge in [-0.2, -0.15) is 0 Å². The summed E-state index contributed by atoms with van der Waals surface area (Å²) in [4.78, 5) is 32.1. The van der Waals surface area contributed by atoms with Crippen LogP contribution >= 0.6 is 0 Å². The molecule has 1 aliphatic carbocycles. The molecule has 6 nitrogen and oxygen atoms in total. The molecule has 0 radical (unpaired) electrons. The van der Waals surface area contributed by atoms with E-state index >= 15 is 0 Å². The number of rotatable bonds is 4. The monoisotopic (exact) mass is 311 g/mol. The Bertz CT molecular complexity index is 731. The predicted molar refractivity (Wildman–Crippen MR) is 84.4 cm³/mol. The molecular weight excluding hydrogens is 294 g/mol. The molecule has 0 fully saturated rings. The lowest BCUT2D eigenvalue weighted by molar-refractivity contribution is -0.118. The number of hydrogen-bond donors (Lipinski definition) is 1. The highest BCUT2D eigenvalue weighted by atomic mass is 16.5. The number of ether oxygens (including phenoxy) is 1. The molecule has 23 heavy (non-hydrogen) atoms. The van der Waals surface area contributed by atoms with Gasteiger partial charge < -0.3 is 4.74 Å². The normalized spacial score (nSPS) is 16.6. The number of ketones is 1. The maximum Gasteiger partial charge on any atom is 0.264 e. The van der Waals surface area contributed by atoms with Crippen molar-refractivity contribution in [2.45, 2.75) is 19.8 Å². The lowest BCUT2D eigenvalue weighted by Gasteiger charge is -2.19. The Kier molecular flexibility index (Phi) is 4.32. The summed E-state index contributed by atoms with van der Waals surface area (Å²) in [6.45, 7) is 1.88. The van der Waals surface area contributed by atoms with Gasteiger partial charge in [0.2, 0.25) is 5.95 Å². The van der Waals surface area contributed by atoms with Crippen LogP contribution in [0.4, 0.5) is 5.95 Å². The molecule has 1 amide bonds. The second kappa shape index (κ2) is 6.56. The third-order valence-electron chi connectivity index (χ3n) is 3.61. The summed E-state index contributed by atoms with van der Waals surface area (Å²) in [5, 5.41) is 2.59. The number of amides is 1. The van der Waals surface area contributed by atoms with E-state index in [9.17, 15) is 9.59 Å². The standard InChI is InChI=1S/C17H17N3O3/c1-11-7-14-13(15(21)8-11)9-18-17(19-14)20-16(22)10-23-12-5-3-2-4-6-12/h2-6,9,11H,7-8,10H2,1H3,(H,18,19,20,22). The third-order valence-corrected chi connectivity index (χ3v) is 3.61. The molecule has 1 atom stereocenters. The Labute approximate surface area is 133 Å². The zero-order valence-corrected chi connectivity index (χ0v) is 12.8. The van der Waals surface area contributed by atoms with Crippen LogP contribution in [0, 0.1) is 5.92 Å². The molecule has 0 saturated carbocycles. The van der Waals surface area contributed by atoms with E-state index in [0.29, 0.717) is 29.8 Å². The second-order valence-electron chi connectivity index (χ2n) is 5.64. The van der Waals surface area contributed by atoms with E-state index in [1.165, 1.54) is 6.20 Å². The molecule has 1 aromatic carbocycles. The van der Waals surface area contributed by atoms with Crippen molar-refractivity contribution in [3.05, 3.63) is 47.8 Å². The minimum Gasteiger partial charge on any atom is -0.484 e. The van der Waals surface area contributed by atoms with Crippen LogP contribution in [-0.2, 0) is 11.2 Å². The molecule has 6 heteroatoms. The number of anilines is 1. The maximum absolute atomic E-state index is 11.9. The van der Waals surface area contributed by atoms with Crippen molar-refractivity contribution in [3.63, 3.8) is 0 Å². The summed E-state index contributed by atoms with van der Waals surface area (Å²) < 4.78 is 5.37. The molecule has 1 aromatic heterocycles. The molecule has 1 heterocycles. The molecule has 1 N–H and O–H groups in total. The molecule has 118 valence electrons. The molecule has 1 unspecified atom stereocenters. The average Bonchev–Trinajstić information content (AvgIpc) is 2.53. The van der Waals surface area contributed by atoms with Gasteiger partial charge in [-0.3, -0.25) is 14.9 Å². The van der Waals surface area contributed by atoms with E-state index in [0.717, 1.165) is 0 Å². The number of para-hydroxylation sites is 1. The Hall–Kier alpha value is -2.76. The van der Waals surface area contributed by atoms with Crippen LogP contribution in [0.1, 0.15) is 29.4 Å². The summed E-state index contributed by atoms with van der Waals surface area (Å²) >= 11 is 0. The highest BCUT2D eigenvalue weighted by Crippen LogP contribution is 2.23. The van der Waals surface area contributed by atoms with Gasteiger partial charge in [0.15, 0.2) is 12.4 Å². The van der Waals surface area contributed by atoms with E-state index in [-0.39, 0.29) is 30.2 Å². The van der Waals surface area contributed by atoms with Gasteiger partial charge in [-0.1, -0.05) is 25.1 Å². The first-order valence-electron chi connectivity index (χ1n) is 7.48. The first-order valence-corrected chi connectivity index (χ1v) is 7.48. The fourth-order valence-corrected chi connectivity index (χ4v) is 2.52. The molecule has 3 rings (SSSR count). The Balaban J connectivity index is 1.63. The lowest BCUT2D eigenvalue weighted by Crippen LogP contribution is -2.24. The van der Waals surface area contributed by atoms with Gasteiger partial charge in [0.1, 0.15) is 5.75 Å². The molecule has 2 aromatic rings. The number of aromatic nitrogens is 2. The van der Waals surface area contributed by atoms with Crippen molar-refractivity contribution in [1.82, 2.24) is 9.97 Å². The van der Waals surface area contributed by atoms with Crippen LogP contribution in [0.25, 0.3) is 0 Å². The molecule has 0 bridgehead atoms. The number of fused-ring (bicyclic) bond motifs is 1. The van der Waals surface area contributed by atoms with Crippen LogP contribution in [0.5, 0.6) is 5.75 Å². The van der Waals surface area contributed by atoms with Crippen LogP contribution in [0.3, 0.4) is 0 Å². The molecular formula is C17H17N3O3. The molecule has 0 spiro atoms. The van der Waals surface area contributed by atoms with E-state index < -0.39 is 0 Å². The highest BCUT2D eigenvalue weighted by Gasteiger charge is 2.24. The summed E-state index contributed by atoms with van der Waals surface area (Å²) in [7, 11) is 0. The van der Waals surface area contributed by atoms with Crippen LogP contribution in [-0.4, -0.2) is 28.3 Å². The lowest BCUT2D eigenvalue weighted by atomic mass is 9.88. The van der Waals surface area contributed by atoms with E-state index in [1.807, 2.05) is 25.1 Å². The first kappa shape index (κ1) is 15.1. The smallest absolute Gasteiger partial charge is 0.264 e. The van der Waals surface area contributed by atoms with Crippen LogP contribution < -0.4 is 10.1 Å². The summed E-state index contributed by atoms with van der Waals surface area (Å²) in [6, 6.07) is 9.08. The first-order chi connectivity index (χ1) is 11.1. The van der Waals surface area contributed by atoms with Gasteiger partial charge in [-0.05, 0) is 24.5 Å². The fraction of sp³-hybridized carbons (Fsp3) is 0.294. The number of Topliss-reactive ketones (excluding diaryl/α,β-unsaturated/α-hetero) is 1. The summed E-state index contributed by atoms with van der Waals surface area (Å²) in [5.41, 5.74) is 1.25. The summed E-state index contributed by atoms with van der Waals surface area (Å²) in [5.74, 6) is 0.795. The molecule has 0 saturated heterocycles. The molecule has 0 aliphatic heterocycles.